The quantitative estimate of drug-likeness (QED) is 0.438. The second-order valence-electron chi connectivity index (χ2n) is 9.13. The fraction of sp³-hybridized carbons (Fsp3) is 0.407. The Morgan fingerprint density at radius 2 is 2.14 bits per heavy atom. The first-order valence-corrected chi connectivity index (χ1v) is 12.7. The molecule has 0 spiro atoms. The Morgan fingerprint density at radius 3 is 2.86 bits per heavy atom. The number of rotatable bonds is 9. The normalized spacial score (nSPS) is 15.6. The van der Waals surface area contributed by atoms with Crippen LogP contribution in [0.25, 0.3) is 0 Å². The molecule has 7 nitrogen and oxygen atoms in total. The number of benzene rings is 1. The van der Waals surface area contributed by atoms with Gasteiger partial charge in [0.2, 0.25) is 0 Å². The van der Waals surface area contributed by atoms with Crippen LogP contribution in [0, 0.1) is 24.2 Å². The summed E-state index contributed by atoms with van der Waals surface area (Å²) in [5, 5.41) is 16.3. The molecule has 0 saturated heterocycles. The van der Waals surface area contributed by atoms with E-state index in [1.807, 2.05) is 37.3 Å². The average Bonchev–Trinajstić information content (AvgIpc) is 3.43. The van der Waals surface area contributed by atoms with Crippen molar-refractivity contribution in [1.29, 1.82) is 5.26 Å². The average molecular weight is 492 g/mol. The lowest BCUT2D eigenvalue weighted by Crippen LogP contribution is -2.27. The molecule has 1 amide bonds. The lowest BCUT2D eigenvalue weighted by molar-refractivity contribution is -0.118. The van der Waals surface area contributed by atoms with Crippen LogP contribution in [-0.4, -0.2) is 23.6 Å². The van der Waals surface area contributed by atoms with Gasteiger partial charge in [0, 0.05) is 28.2 Å². The van der Waals surface area contributed by atoms with Crippen LogP contribution in [-0.2, 0) is 35.3 Å². The van der Waals surface area contributed by atoms with E-state index in [0.29, 0.717) is 31.6 Å². The number of alkyl carbamates (subject to hydrolysis) is 1. The van der Waals surface area contributed by atoms with E-state index in [2.05, 4.69) is 23.5 Å². The van der Waals surface area contributed by atoms with Crippen LogP contribution in [0.2, 0.25) is 0 Å². The molecule has 1 aromatic carbocycles. The minimum atomic E-state index is -0.473. The zero-order valence-electron chi connectivity index (χ0n) is 20.0. The molecule has 8 heteroatoms. The number of aromatic nitrogens is 1. The van der Waals surface area contributed by atoms with Gasteiger partial charge in [-0.1, -0.05) is 42.4 Å². The number of nitrogens with zero attached hydrogens (tertiary/aromatic N) is 2. The topological polar surface area (TPSA) is 105 Å². The number of nitrogens with one attached hydrogen (secondary N) is 1. The molecule has 2 aromatic heterocycles. The third kappa shape index (κ3) is 6.17. The van der Waals surface area contributed by atoms with Crippen LogP contribution in [0.4, 0.5) is 4.79 Å². The summed E-state index contributed by atoms with van der Waals surface area (Å²) in [6.45, 7) is 4.50. The first kappa shape index (κ1) is 24.7. The first-order valence-electron chi connectivity index (χ1n) is 11.8. The highest BCUT2D eigenvalue weighted by Crippen LogP contribution is 2.37. The van der Waals surface area contributed by atoms with Crippen molar-refractivity contribution in [2.75, 3.05) is 6.61 Å². The summed E-state index contributed by atoms with van der Waals surface area (Å²) in [6, 6.07) is 12.4. The highest BCUT2D eigenvalue weighted by Gasteiger charge is 2.27. The van der Waals surface area contributed by atoms with Crippen molar-refractivity contribution >= 4 is 23.2 Å². The molecule has 2 unspecified atom stereocenters. The molecular formula is C27H29N3O4S. The van der Waals surface area contributed by atoms with E-state index in [1.54, 1.807) is 11.3 Å². The van der Waals surface area contributed by atoms with E-state index in [1.165, 1.54) is 6.26 Å². The Morgan fingerprint density at radius 1 is 1.34 bits per heavy atom. The van der Waals surface area contributed by atoms with Crippen LogP contribution in [0.5, 0.6) is 0 Å². The summed E-state index contributed by atoms with van der Waals surface area (Å²) in [6.07, 6.45) is 4.14. The number of hydrogen-bond donors (Lipinski definition) is 1. The van der Waals surface area contributed by atoms with Crippen molar-refractivity contribution in [3.8, 4) is 6.07 Å². The molecule has 2 heterocycles. The first-order chi connectivity index (χ1) is 16.9. The van der Waals surface area contributed by atoms with E-state index in [0.717, 1.165) is 51.4 Å². The molecule has 0 fully saturated rings. The highest BCUT2D eigenvalue weighted by molar-refractivity contribution is 7.12. The van der Waals surface area contributed by atoms with Gasteiger partial charge in [0.25, 0.3) is 0 Å². The molecule has 0 bridgehead atoms. The molecule has 3 aromatic rings. The van der Waals surface area contributed by atoms with Crippen molar-refractivity contribution in [3.05, 3.63) is 74.3 Å². The SMILES string of the molecule is Cc1nocc1CNC(=O)OCC1CCc2c(sc(CC(=O)CC(C)c3ccccc3)c2C#N)C1. The van der Waals surface area contributed by atoms with Gasteiger partial charge in [-0.15, -0.1) is 11.3 Å². The maximum atomic E-state index is 12.8. The molecule has 2 atom stereocenters. The van der Waals surface area contributed by atoms with Crippen LogP contribution >= 0.6 is 11.3 Å². The molecule has 4 rings (SSSR count). The zero-order chi connectivity index (χ0) is 24.8. The minimum Gasteiger partial charge on any atom is -0.449 e. The van der Waals surface area contributed by atoms with Gasteiger partial charge in [-0.05, 0) is 49.1 Å². The van der Waals surface area contributed by atoms with Gasteiger partial charge in [-0.3, -0.25) is 4.79 Å². The number of ketones is 1. The van der Waals surface area contributed by atoms with Gasteiger partial charge >= 0.3 is 6.09 Å². The molecule has 0 aliphatic heterocycles. The Kier molecular flexibility index (Phi) is 7.98. The summed E-state index contributed by atoms with van der Waals surface area (Å²) < 4.78 is 10.3. The lowest BCUT2D eigenvalue weighted by atomic mass is 9.87. The smallest absolute Gasteiger partial charge is 0.407 e. The van der Waals surface area contributed by atoms with Crippen LogP contribution in [0.1, 0.15) is 63.4 Å². The predicted octanol–water partition coefficient (Wildman–Crippen LogP) is 5.25. The molecule has 1 N–H and O–H groups in total. The van der Waals surface area contributed by atoms with Crippen LogP contribution in [0.15, 0.2) is 41.1 Å². The number of fused-ring (bicyclic) bond motifs is 1. The predicted molar refractivity (Wildman–Crippen MR) is 132 cm³/mol. The van der Waals surface area contributed by atoms with Crippen molar-refractivity contribution < 1.29 is 18.8 Å². The van der Waals surface area contributed by atoms with E-state index < -0.39 is 6.09 Å². The largest absolute Gasteiger partial charge is 0.449 e. The summed E-state index contributed by atoms with van der Waals surface area (Å²) >= 11 is 1.57. The van der Waals surface area contributed by atoms with Crippen molar-refractivity contribution in [1.82, 2.24) is 10.5 Å². The molecular weight excluding hydrogens is 462 g/mol. The monoisotopic (exact) mass is 491 g/mol. The fourth-order valence-electron chi connectivity index (χ4n) is 4.49. The van der Waals surface area contributed by atoms with Gasteiger partial charge in [-0.25, -0.2) is 4.79 Å². The molecule has 182 valence electrons. The number of carbonyl (C=O) groups excluding carboxylic acids is 2. The second kappa shape index (κ2) is 11.3. The number of hydrogen-bond acceptors (Lipinski definition) is 7. The number of amides is 1. The lowest BCUT2D eigenvalue weighted by Gasteiger charge is -2.22. The van der Waals surface area contributed by atoms with Crippen LogP contribution < -0.4 is 5.32 Å². The molecule has 35 heavy (non-hydrogen) atoms. The van der Waals surface area contributed by atoms with Crippen molar-refractivity contribution in [2.24, 2.45) is 5.92 Å². The maximum absolute atomic E-state index is 12.8. The van der Waals surface area contributed by atoms with Crippen LogP contribution in [0.3, 0.4) is 0 Å². The second-order valence-corrected chi connectivity index (χ2v) is 10.3. The van der Waals surface area contributed by atoms with Gasteiger partial charge in [0.05, 0.1) is 24.4 Å². The molecule has 1 aliphatic carbocycles. The van der Waals surface area contributed by atoms with E-state index in [4.69, 9.17) is 9.26 Å². The third-order valence-corrected chi connectivity index (χ3v) is 7.79. The number of nitriles is 1. The summed E-state index contributed by atoms with van der Waals surface area (Å²) in [5.74, 6) is 0.485. The van der Waals surface area contributed by atoms with Gasteiger partial charge in [0.1, 0.15) is 18.1 Å². The Bertz CT molecular complexity index is 1230. The molecule has 0 saturated carbocycles. The van der Waals surface area contributed by atoms with E-state index in [9.17, 15) is 14.9 Å². The number of carbonyl (C=O) groups is 2. The Balaban J connectivity index is 1.31. The Labute approximate surface area is 209 Å². The minimum absolute atomic E-state index is 0.144. The molecule has 1 aliphatic rings. The summed E-state index contributed by atoms with van der Waals surface area (Å²) in [7, 11) is 0. The van der Waals surface area contributed by atoms with Crippen molar-refractivity contribution in [3.63, 3.8) is 0 Å². The zero-order valence-corrected chi connectivity index (χ0v) is 20.8. The summed E-state index contributed by atoms with van der Waals surface area (Å²) in [4.78, 5) is 26.9. The maximum Gasteiger partial charge on any atom is 0.407 e. The van der Waals surface area contributed by atoms with Gasteiger partial charge in [-0.2, -0.15) is 5.26 Å². The van der Waals surface area contributed by atoms with Gasteiger partial charge in [0.15, 0.2) is 0 Å². The van der Waals surface area contributed by atoms with E-state index in [-0.39, 0.29) is 17.6 Å². The number of aryl methyl sites for hydroxylation is 1. The molecule has 0 radical (unpaired) electrons. The highest BCUT2D eigenvalue weighted by atomic mass is 32.1. The Hall–Kier alpha value is -3.44. The standard InChI is InChI=1S/C27H29N3O4S/c1-17(20-6-4-3-5-7-20)10-22(31)12-26-24(13-28)23-9-8-19(11-25(23)35-26)15-33-27(32)29-14-21-16-34-30-18(21)2/h3-7,16-17,19H,8-12,14-15H2,1-2H3,(H,29,32). The number of Topliss-reactive ketones (excluding diaryl/α,β-unsaturated/α-hetero) is 1. The summed E-state index contributed by atoms with van der Waals surface area (Å²) in [5.41, 5.74) is 4.44. The fourth-order valence-corrected chi connectivity index (χ4v) is 5.94. The number of thiophene rings is 1. The van der Waals surface area contributed by atoms with E-state index >= 15 is 0 Å². The van der Waals surface area contributed by atoms with Gasteiger partial charge < -0.3 is 14.6 Å². The number of ether oxygens (including phenoxy) is 1. The van der Waals surface area contributed by atoms with Crippen molar-refractivity contribution in [2.45, 2.75) is 58.4 Å². The third-order valence-electron chi connectivity index (χ3n) is 6.53.